The molecule has 154 valence electrons. The lowest BCUT2D eigenvalue weighted by Crippen LogP contribution is -2.10. The van der Waals surface area contributed by atoms with E-state index in [9.17, 15) is 0 Å². The standard InChI is InChI=1S/C22H25N7O/c1-29(2)17-6-4-5-16(13-17)26-22-27-20(19-21(28-22)25-14-24-19)23-12-11-15-7-9-18(30-3)10-8-15/h4-10,13-14H,11-12H2,1-3H3,(H3,23,24,25,26,27,28). The van der Waals surface area contributed by atoms with E-state index in [0.29, 0.717) is 11.6 Å². The Morgan fingerprint density at radius 1 is 1.07 bits per heavy atom. The molecule has 4 rings (SSSR count). The van der Waals surface area contributed by atoms with Crippen molar-refractivity contribution in [3.8, 4) is 5.75 Å². The summed E-state index contributed by atoms with van der Waals surface area (Å²) >= 11 is 0. The maximum absolute atomic E-state index is 5.21. The van der Waals surface area contributed by atoms with E-state index in [2.05, 4.69) is 59.7 Å². The predicted octanol–water partition coefficient (Wildman–Crippen LogP) is 3.83. The van der Waals surface area contributed by atoms with Gasteiger partial charge in [0.05, 0.1) is 13.4 Å². The fourth-order valence-corrected chi connectivity index (χ4v) is 3.13. The number of anilines is 4. The van der Waals surface area contributed by atoms with Gasteiger partial charge in [-0.2, -0.15) is 9.97 Å². The van der Waals surface area contributed by atoms with Crippen LogP contribution in [0.4, 0.5) is 23.1 Å². The predicted molar refractivity (Wildman–Crippen MR) is 121 cm³/mol. The maximum Gasteiger partial charge on any atom is 0.231 e. The molecule has 4 aromatic rings. The van der Waals surface area contributed by atoms with Gasteiger partial charge < -0.3 is 25.3 Å². The number of nitrogens with zero attached hydrogens (tertiary/aromatic N) is 4. The first kappa shape index (κ1) is 19.5. The van der Waals surface area contributed by atoms with Crippen molar-refractivity contribution in [1.29, 1.82) is 0 Å². The Kier molecular flexibility index (Phi) is 5.65. The topological polar surface area (TPSA) is 91.0 Å². The fraction of sp³-hybridized carbons (Fsp3) is 0.227. The summed E-state index contributed by atoms with van der Waals surface area (Å²) in [6, 6.07) is 16.2. The number of nitrogens with one attached hydrogen (secondary N) is 3. The summed E-state index contributed by atoms with van der Waals surface area (Å²) in [5.74, 6) is 2.07. The molecule has 8 heteroatoms. The second kappa shape index (κ2) is 8.69. The minimum Gasteiger partial charge on any atom is -0.497 e. The van der Waals surface area contributed by atoms with Gasteiger partial charge in [-0.15, -0.1) is 0 Å². The van der Waals surface area contributed by atoms with Crippen LogP contribution in [0.25, 0.3) is 11.2 Å². The van der Waals surface area contributed by atoms with Crippen LogP contribution in [0.5, 0.6) is 5.75 Å². The molecule has 2 heterocycles. The SMILES string of the molecule is COc1ccc(CCNc2nc(Nc3cccc(N(C)C)c3)nc3nc[nH]c23)cc1. The van der Waals surface area contributed by atoms with Crippen molar-refractivity contribution in [2.24, 2.45) is 0 Å². The van der Waals surface area contributed by atoms with Gasteiger partial charge >= 0.3 is 0 Å². The Morgan fingerprint density at radius 3 is 2.67 bits per heavy atom. The number of ether oxygens (including phenoxy) is 1. The summed E-state index contributed by atoms with van der Waals surface area (Å²) in [5.41, 5.74) is 4.64. The number of aromatic amines is 1. The van der Waals surface area contributed by atoms with E-state index in [-0.39, 0.29) is 0 Å². The molecule has 0 spiro atoms. The third-order valence-corrected chi connectivity index (χ3v) is 4.77. The number of hydrogen-bond acceptors (Lipinski definition) is 7. The van der Waals surface area contributed by atoms with Crippen LogP contribution in [0.2, 0.25) is 0 Å². The van der Waals surface area contributed by atoms with E-state index < -0.39 is 0 Å². The summed E-state index contributed by atoms with van der Waals surface area (Å²) in [4.78, 5) is 18.7. The zero-order chi connectivity index (χ0) is 20.9. The van der Waals surface area contributed by atoms with E-state index in [4.69, 9.17) is 4.74 Å². The summed E-state index contributed by atoms with van der Waals surface area (Å²) in [6.45, 7) is 0.729. The van der Waals surface area contributed by atoms with Gasteiger partial charge in [-0.25, -0.2) is 4.98 Å². The Hall–Kier alpha value is -3.81. The molecular formula is C22H25N7O. The molecule has 2 aromatic carbocycles. The third-order valence-electron chi connectivity index (χ3n) is 4.77. The highest BCUT2D eigenvalue weighted by atomic mass is 16.5. The number of benzene rings is 2. The zero-order valence-corrected chi connectivity index (χ0v) is 17.3. The molecule has 0 aliphatic rings. The lowest BCUT2D eigenvalue weighted by molar-refractivity contribution is 0.414. The third kappa shape index (κ3) is 4.43. The quantitative estimate of drug-likeness (QED) is 0.412. The zero-order valence-electron chi connectivity index (χ0n) is 17.3. The summed E-state index contributed by atoms with van der Waals surface area (Å²) < 4.78 is 5.21. The maximum atomic E-state index is 5.21. The lowest BCUT2D eigenvalue weighted by Gasteiger charge is -2.14. The van der Waals surface area contributed by atoms with Crippen LogP contribution in [-0.2, 0) is 6.42 Å². The van der Waals surface area contributed by atoms with E-state index in [1.54, 1.807) is 13.4 Å². The lowest BCUT2D eigenvalue weighted by atomic mass is 10.1. The minimum atomic E-state index is 0.498. The smallest absolute Gasteiger partial charge is 0.231 e. The summed E-state index contributed by atoms with van der Waals surface area (Å²) in [7, 11) is 5.69. The Bertz CT molecular complexity index is 1120. The number of rotatable bonds is 8. The van der Waals surface area contributed by atoms with Crippen molar-refractivity contribution in [2.75, 3.05) is 43.3 Å². The van der Waals surface area contributed by atoms with Gasteiger partial charge in [-0.3, -0.25) is 0 Å². The van der Waals surface area contributed by atoms with Gasteiger partial charge in [0.1, 0.15) is 11.3 Å². The van der Waals surface area contributed by atoms with Crippen LogP contribution in [-0.4, -0.2) is 47.7 Å². The molecule has 0 unspecified atom stereocenters. The number of hydrogen-bond donors (Lipinski definition) is 3. The van der Waals surface area contributed by atoms with Crippen LogP contribution >= 0.6 is 0 Å². The summed E-state index contributed by atoms with van der Waals surface area (Å²) in [5, 5.41) is 6.69. The molecule has 0 radical (unpaired) electrons. The van der Waals surface area contributed by atoms with Crippen molar-refractivity contribution in [2.45, 2.75) is 6.42 Å². The fourth-order valence-electron chi connectivity index (χ4n) is 3.13. The molecule has 0 saturated heterocycles. The Morgan fingerprint density at radius 2 is 1.90 bits per heavy atom. The molecule has 0 saturated carbocycles. The van der Waals surface area contributed by atoms with Crippen molar-refractivity contribution in [3.63, 3.8) is 0 Å². The Labute approximate surface area is 175 Å². The van der Waals surface area contributed by atoms with Crippen LogP contribution in [0, 0.1) is 0 Å². The average molecular weight is 403 g/mol. The van der Waals surface area contributed by atoms with Gasteiger partial charge in [0.25, 0.3) is 0 Å². The van der Waals surface area contributed by atoms with Gasteiger partial charge in [0.2, 0.25) is 5.95 Å². The van der Waals surface area contributed by atoms with Gasteiger partial charge in [-0.05, 0) is 42.3 Å². The molecule has 0 amide bonds. The first-order valence-corrected chi connectivity index (χ1v) is 9.75. The van der Waals surface area contributed by atoms with E-state index in [1.807, 2.05) is 38.4 Å². The molecule has 0 fully saturated rings. The molecule has 30 heavy (non-hydrogen) atoms. The molecule has 0 aliphatic carbocycles. The minimum absolute atomic E-state index is 0.498. The largest absolute Gasteiger partial charge is 0.497 e. The van der Waals surface area contributed by atoms with Crippen molar-refractivity contribution in [1.82, 2.24) is 19.9 Å². The first-order valence-electron chi connectivity index (χ1n) is 9.75. The Balaban J connectivity index is 1.50. The number of H-pyrrole nitrogens is 1. The van der Waals surface area contributed by atoms with Crippen molar-refractivity contribution < 1.29 is 4.74 Å². The van der Waals surface area contributed by atoms with Crippen LogP contribution in [0.3, 0.4) is 0 Å². The average Bonchev–Trinajstić information content (AvgIpc) is 3.23. The molecule has 8 nitrogen and oxygen atoms in total. The highest BCUT2D eigenvalue weighted by Crippen LogP contribution is 2.23. The highest BCUT2D eigenvalue weighted by molar-refractivity contribution is 5.84. The number of fused-ring (bicyclic) bond motifs is 1. The number of aromatic nitrogens is 4. The van der Waals surface area contributed by atoms with Crippen LogP contribution in [0.15, 0.2) is 54.9 Å². The second-order valence-electron chi connectivity index (χ2n) is 7.09. The molecular weight excluding hydrogens is 378 g/mol. The number of methoxy groups -OCH3 is 1. The molecule has 2 aromatic heterocycles. The van der Waals surface area contributed by atoms with E-state index in [0.717, 1.165) is 41.4 Å². The van der Waals surface area contributed by atoms with Gasteiger partial charge in [0, 0.05) is 32.0 Å². The van der Waals surface area contributed by atoms with Gasteiger partial charge in [-0.1, -0.05) is 18.2 Å². The van der Waals surface area contributed by atoms with E-state index in [1.165, 1.54) is 5.56 Å². The van der Waals surface area contributed by atoms with E-state index >= 15 is 0 Å². The normalized spacial score (nSPS) is 10.8. The molecule has 0 bridgehead atoms. The highest BCUT2D eigenvalue weighted by Gasteiger charge is 2.10. The van der Waals surface area contributed by atoms with Crippen molar-refractivity contribution >= 4 is 34.3 Å². The molecule has 3 N–H and O–H groups in total. The summed E-state index contributed by atoms with van der Waals surface area (Å²) in [6.07, 6.45) is 2.49. The van der Waals surface area contributed by atoms with Crippen molar-refractivity contribution in [3.05, 3.63) is 60.4 Å². The number of imidazole rings is 1. The first-order chi connectivity index (χ1) is 14.6. The van der Waals surface area contributed by atoms with Crippen LogP contribution in [0.1, 0.15) is 5.56 Å². The second-order valence-corrected chi connectivity index (χ2v) is 7.09. The van der Waals surface area contributed by atoms with Crippen LogP contribution < -0.4 is 20.3 Å². The molecule has 0 aliphatic heterocycles. The van der Waals surface area contributed by atoms with Gasteiger partial charge in [0.15, 0.2) is 11.5 Å². The monoisotopic (exact) mass is 403 g/mol. The molecule has 0 atom stereocenters.